The van der Waals surface area contributed by atoms with Crippen molar-refractivity contribution in [2.45, 2.75) is 32.7 Å². The molecule has 4 heterocycles. The summed E-state index contributed by atoms with van der Waals surface area (Å²) in [5.41, 5.74) is 3.15. The van der Waals surface area contributed by atoms with Crippen molar-refractivity contribution in [3.63, 3.8) is 0 Å². The molecule has 6 rings (SSSR count). The molecule has 8 nitrogen and oxygen atoms in total. The van der Waals surface area contributed by atoms with Crippen LogP contribution < -0.4 is 5.32 Å². The van der Waals surface area contributed by atoms with E-state index in [1.807, 2.05) is 36.4 Å². The van der Waals surface area contributed by atoms with Crippen molar-refractivity contribution in [3.8, 4) is 0 Å². The van der Waals surface area contributed by atoms with Gasteiger partial charge in [-0.1, -0.05) is 37.3 Å². The van der Waals surface area contributed by atoms with Crippen molar-refractivity contribution in [1.29, 1.82) is 0 Å². The molecule has 3 aromatic heterocycles. The van der Waals surface area contributed by atoms with Gasteiger partial charge in [-0.05, 0) is 36.6 Å². The third-order valence-electron chi connectivity index (χ3n) is 6.61. The van der Waals surface area contributed by atoms with Crippen LogP contribution in [0.25, 0.3) is 21.8 Å². The summed E-state index contributed by atoms with van der Waals surface area (Å²) in [6.45, 7) is 5.22. The molecular weight excluding hydrogens is 484 g/mol. The molecular formula is C28H26N6O2S. The SMILES string of the molecule is CCCN1CCc2nc(CC(=O)c3cccc4[nH]c(NC(=O)c5cc6ccccc6cn5)nc34)sc2C1. The first-order valence-electron chi connectivity index (χ1n) is 12.5. The van der Waals surface area contributed by atoms with Gasteiger partial charge in [0.05, 0.1) is 17.6 Å². The second-order valence-electron chi connectivity index (χ2n) is 9.26. The molecule has 0 aliphatic carbocycles. The number of nitrogens with zero attached hydrogens (tertiary/aromatic N) is 4. The van der Waals surface area contributed by atoms with Gasteiger partial charge in [0.25, 0.3) is 5.91 Å². The lowest BCUT2D eigenvalue weighted by atomic mass is 10.1. The summed E-state index contributed by atoms with van der Waals surface area (Å²) in [6.07, 6.45) is 3.98. The summed E-state index contributed by atoms with van der Waals surface area (Å²) in [7, 11) is 0. The Bertz CT molecular complexity index is 1640. The van der Waals surface area contributed by atoms with Crippen LogP contribution in [0.2, 0.25) is 0 Å². The van der Waals surface area contributed by atoms with E-state index >= 15 is 0 Å². The minimum atomic E-state index is -0.372. The third kappa shape index (κ3) is 4.75. The number of fused-ring (bicyclic) bond motifs is 3. The van der Waals surface area contributed by atoms with Crippen molar-refractivity contribution >= 4 is 50.8 Å². The van der Waals surface area contributed by atoms with Crippen LogP contribution in [-0.2, 0) is 19.4 Å². The van der Waals surface area contributed by atoms with Crippen LogP contribution in [0.1, 0.15) is 49.8 Å². The fourth-order valence-electron chi connectivity index (χ4n) is 4.81. The number of ketones is 1. The predicted molar refractivity (Wildman–Crippen MR) is 145 cm³/mol. The number of thiazole rings is 1. The molecule has 5 aromatic rings. The second kappa shape index (κ2) is 9.84. The number of hydrogen-bond donors (Lipinski definition) is 2. The van der Waals surface area contributed by atoms with E-state index in [1.54, 1.807) is 29.7 Å². The number of pyridine rings is 1. The maximum atomic E-state index is 13.3. The van der Waals surface area contributed by atoms with Crippen LogP contribution in [0.3, 0.4) is 0 Å². The molecule has 0 spiro atoms. The highest BCUT2D eigenvalue weighted by atomic mass is 32.1. The lowest BCUT2D eigenvalue weighted by Crippen LogP contribution is -2.30. The zero-order valence-electron chi connectivity index (χ0n) is 20.5. The van der Waals surface area contributed by atoms with Gasteiger partial charge in [0.15, 0.2) is 5.78 Å². The van der Waals surface area contributed by atoms with E-state index in [1.165, 1.54) is 4.88 Å². The van der Waals surface area contributed by atoms with Gasteiger partial charge in [0, 0.05) is 41.5 Å². The Kier molecular flexibility index (Phi) is 6.23. The molecule has 0 atom stereocenters. The minimum Gasteiger partial charge on any atom is -0.324 e. The fourth-order valence-corrected chi connectivity index (χ4v) is 5.97. The standard InChI is InChI=1S/C28H26N6O2S/c1-2-11-34-12-10-20-24(16-34)37-25(30-20)14-23(35)19-8-5-9-21-26(19)32-28(31-21)33-27(36)22-13-17-6-3-4-7-18(17)15-29-22/h3-9,13,15H,2,10-12,14,16H2,1H3,(H2,31,32,33,36). The monoisotopic (exact) mass is 510 g/mol. The van der Waals surface area contributed by atoms with E-state index in [-0.39, 0.29) is 24.1 Å². The summed E-state index contributed by atoms with van der Waals surface area (Å²) < 4.78 is 0. The first-order valence-corrected chi connectivity index (χ1v) is 13.3. The van der Waals surface area contributed by atoms with Gasteiger partial charge in [0.1, 0.15) is 16.2 Å². The number of hydrogen-bond acceptors (Lipinski definition) is 7. The van der Waals surface area contributed by atoms with Crippen molar-refractivity contribution in [2.24, 2.45) is 0 Å². The van der Waals surface area contributed by atoms with E-state index in [0.29, 0.717) is 22.3 Å². The first kappa shape index (κ1) is 23.4. The molecule has 1 aliphatic heterocycles. The van der Waals surface area contributed by atoms with Crippen LogP contribution in [0, 0.1) is 0 Å². The summed E-state index contributed by atoms with van der Waals surface area (Å²) in [5, 5.41) is 5.52. The molecule has 1 amide bonds. The van der Waals surface area contributed by atoms with Crippen LogP contribution in [0.5, 0.6) is 0 Å². The smallest absolute Gasteiger partial charge is 0.276 e. The topological polar surface area (TPSA) is 104 Å². The molecule has 0 unspecified atom stereocenters. The number of aromatic amines is 1. The molecule has 2 aromatic carbocycles. The van der Waals surface area contributed by atoms with E-state index < -0.39 is 0 Å². The molecule has 0 fully saturated rings. The number of anilines is 1. The van der Waals surface area contributed by atoms with Gasteiger partial charge < -0.3 is 4.98 Å². The molecule has 0 saturated carbocycles. The number of para-hydroxylation sites is 1. The summed E-state index contributed by atoms with van der Waals surface area (Å²) in [4.78, 5) is 46.5. The lowest BCUT2D eigenvalue weighted by molar-refractivity contribution is 0.0992. The quantitative estimate of drug-likeness (QED) is 0.298. The van der Waals surface area contributed by atoms with Gasteiger partial charge in [-0.15, -0.1) is 11.3 Å². The highest BCUT2D eigenvalue weighted by molar-refractivity contribution is 7.11. The Hall–Kier alpha value is -3.95. The number of aromatic nitrogens is 4. The second-order valence-corrected chi connectivity index (χ2v) is 10.4. The number of Topliss-reactive ketones (excluding diaryl/α,β-unsaturated/α-hetero) is 1. The summed E-state index contributed by atoms with van der Waals surface area (Å²) in [5.74, 6) is -0.137. The van der Waals surface area contributed by atoms with Crippen LogP contribution in [0.4, 0.5) is 5.95 Å². The van der Waals surface area contributed by atoms with Gasteiger partial charge in [-0.2, -0.15) is 0 Å². The largest absolute Gasteiger partial charge is 0.324 e. The number of benzene rings is 2. The van der Waals surface area contributed by atoms with Gasteiger partial charge in [0.2, 0.25) is 5.95 Å². The third-order valence-corrected chi connectivity index (χ3v) is 7.70. The lowest BCUT2D eigenvalue weighted by Gasteiger charge is -2.25. The molecule has 2 N–H and O–H groups in total. The van der Waals surface area contributed by atoms with Crippen molar-refractivity contribution in [2.75, 3.05) is 18.4 Å². The maximum absolute atomic E-state index is 13.3. The van der Waals surface area contributed by atoms with Crippen LogP contribution in [0.15, 0.2) is 54.7 Å². The maximum Gasteiger partial charge on any atom is 0.276 e. The van der Waals surface area contributed by atoms with E-state index in [0.717, 1.165) is 53.9 Å². The highest BCUT2D eigenvalue weighted by Gasteiger charge is 2.22. The van der Waals surface area contributed by atoms with Crippen LogP contribution in [-0.4, -0.2) is 49.6 Å². The number of imidazole rings is 1. The zero-order chi connectivity index (χ0) is 25.4. The molecule has 0 radical (unpaired) electrons. The highest BCUT2D eigenvalue weighted by Crippen LogP contribution is 2.27. The van der Waals surface area contributed by atoms with Gasteiger partial charge in [-0.3, -0.25) is 24.8 Å². The molecule has 1 aliphatic rings. The van der Waals surface area contributed by atoms with Crippen molar-refractivity contribution in [3.05, 3.63) is 81.6 Å². The Labute approximate surface area is 217 Å². The minimum absolute atomic E-state index is 0.0392. The number of nitrogens with one attached hydrogen (secondary N) is 2. The predicted octanol–water partition coefficient (Wildman–Crippen LogP) is 5.01. The Morgan fingerprint density at radius 1 is 1.11 bits per heavy atom. The van der Waals surface area contributed by atoms with E-state index in [4.69, 9.17) is 4.98 Å². The number of H-pyrrole nitrogens is 1. The van der Waals surface area contributed by atoms with E-state index in [9.17, 15) is 9.59 Å². The molecule has 0 saturated heterocycles. The number of rotatable bonds is 7. The molecule has 0 bridgehead atoms. The summed E-state index contributed by atoms with van der Waals surface area (Å²) in [6, 6.07) is 14.9. The Morgan fingerprint density at radius 3 is 2.84 bits per heavy atom. The van der Waals surface area contributed by atoms with Gasteiger partial charge in [-0.25, -0.2) is 9.97 Å². The van der Waals surface area contributed by atoms with Gasteiger partial charge >= 0.3 is 0 Å². The normalized spacial score (nSPS) is 13.6. The number of carbonyl (C=O) groups is 2. The average molecular weight is 511 g/mol. The zero-order valence-corrected chi connectivity index (χ0v) is 21.3. The molecule has 37 heavy (non-hydrogen) atoms. The Balaban J connectivity index is 1.20. The summed E-state index contributed by atoms with van der Waals surface area (Å²) >= 11 is 1.64. The Morgan fingerprint density at radius 2 is 1.97 bits per heavy atom. The number of carbonyl (C=O) groups excluding carboxylic acids is 2. The van der Waals surface area contributed by atoms with Crippen molar-refractivity contribution in [1.82, 2.24) is 24.8 Å². The van der Waals surface area contributed by atoms with E-state index in [2.05, 4.69) is 32.1 Å². The number of amides is 1. The average Bonchev–Trinajstić information content (AvgIpc) is 3.50. The molecule has 9 heteroatoms. The fraction of sp³-hybridized carbons (Fsp3) is 0.250. The van der Waals surface area contributed by atoms with Crippen LogP contribution >= 0.6 is 11.3 Å². The molecule has 186 valence electrons. The first-order chi connectivity index (χ1) is 18.1. The van der Waals surface area contributed by atoms with Crippen molar-refractivity contribution < 1.29 is 9.59 Å².